The number of hydrazine groups is 1. The van der Waals surface area contributed by atoms with Crippen molar-refractivity contribution in [3.05, 3.63) is 29.3 Å². The molecule has 0 saturated carbocycles. The third-order valence-electron chi connectivity index (χ3n) is 3.24. The van der Waals surface area contributed by atoms with Crippen LogP contribution in [0.15, 0.2) is 23.1 Å². The maximum atomic E-state index is 12.9. The molecular weight excluding hydrogens is 424 g/mol. The van der Waals surface area contributed by atoms with E-state index in [2.05, 4.69) is 0 Å². The topological polar surface area (TPSA) is 101 Å². The zero-order chi connectivity index (χ0) is 21.0. The van der Waals surface area contributed by atoms with Crippen LogP contribution in [-0.2, 0) is 27.2 Å². The number of alkyl halides is 6. The summed E-state index contributed by atoms with van der Waals surface area (Å²) in [5, 5.41) is 0. The van der Waals surface area contributed by atoms with Crippen molar-refractivity contribution in [2.24, 2.45) is 5.84 Å². The summed E-state index contributed by atoms with van der Waals surface area (Å²) >= 11 is 1.24. The molecule has 1 amide bonds. The van der Waals surface area contributed by atoms with E-state index >= 15 is 0 Å². The van der Waals surface area contributed by atoms with Crippen LogP contribution in [0.2, 0.25) is 0 Å². The number of rotatable bonds is 7. The van der Waals surface area contributed by atoms with E-state index < -0.39 is 50.3 Å². The van der Waals surface area contributed by atoms with Crippen molar-refractivity contribution < 1.29 is 39.6 Å². The summed E-state index contributed by atoms with van der Waals surface area (Å²) in [5.41, 5.74) is -1.90. The Balaban J connectivity index is 3.41. The van der Waals surface area contributed by atoms with Crippen molar-refractivity contribution >= 4 is 27.7 Å². The summed E-state index contributed by atoms with van der Waals surface area (Å²) in [6.45, 7) is 0. The molecule has 1 atom stereocenters. The van der Waals surface area contributed by atoms with Gasteiger partial charge in [-0.15, -0.1) is 0 Å². The van der Waals surface area contributed by atoms with Crippen molar-refractivity contribution in [2.45, 2.75) is 29.7 Å². The van der Waals surface area contributed by atoms with E-state index in [4.69, 9.17) is 5.84 Å². The number of carbonyl (C=O) groups excluding carboxylic acids is 1. The molecule has 0 aliphatic rings. The molecule has 6 nitrogen and oxygen atoms in total. The molecule has 0 aliphatic heterocycles. The molecule has 0 bridgehead atoms. The van der Waals surface area contributed by atoms with Crippen molar-refractivity contribution in [1.29, 1.82) is 0 Å². The Morgan fingerprint density at radius 2 is 1.59 bits per heavy atom. The minimum absolute atomic E-state index is 0.0591. The van der Waals surface area contributed by atoms with Crippen LogP contribution in [-0.4, -0.2) is 32.4 Å². The van der Waals surface area contributed by atoms with Crippen molar-refractivity contribution in [3.8, 4) is 0 Å². The molecule has 4 N–H and O–H groups in total. The van der Waals surface area contributed by atoms with Gasteiger partial charge in [-0.1, -0.05) is 0 Å². The summed E-state index contributed by atoms with van der Waals surface area (Å²) in [6.07, 6.45) is -8.86. The van der Waals surface area contributed by atoms with Crippen LogP contribution < -0.4 is 16.0 Å². The van der Waals surface area contributed by atoms with Crippen LogP contribution in [0.25, 0.3) is 0 Å². The Kier molecular flexibility index (Phi) is 7.55. The second kappa shape index (κ2) is 8.67. The fourth-order valence-electron chi connectivity index (χ4n) is 1.92. The van der Waals surface area contributed by atoms with Crippen LogP contribution in [0, 0.1) is 0 Å². The highest BCUT2D eigenvalue weighted by molar-refractivity contribution is 7.98. The first-order valence-corrected chi connectivity index (χ1v) is 9.91. The second-order valence-electron chi connectivity index (χ2n) is 5.21. The van der Waals surface area contributed by atoms with Gasteiger partial charge in [0, 0.05) is 0 Å². The summed E-state index contributed by atoms with van der Waals surface area (Å²) in [7, 11) is -4.89. The number of halogens is 6. The molecule has 0 unspecified atom stereocenters. The predicted molar refractivity (Wildman–Crippen MR) is 85.9 cm³/mol. The smallest absolute Gasteiger partial charge is 0.293 e. The summed E-state index contributed by atoms with van der Waals surface area (Å²) in [4.78, 5) is 10.4. The number of nitrogens with two attached hydrogens (primary N) is 1. The van der Waals surface area contributed by atoms with E-state index in [1.54, 1.807) is 16.4 Å². The fourth-order valence-corrected chi connectivity index (χ4v) is 3.69. The molecule has 1 aromatic rings. The lowest BCUT2D eigenvalue weighted by molar-refractivity contribution is -0.143. The highest BCUT2D eigenvalue weighted by atomic mass is 32.2. The molecule has 1 rings (SSSR count). The quantitative estimate of drug-likeness (QED) is 0.262. The molecule has 0 fully saturated rings. The number of sulfonamides is 1. The third kappa shape index (κ3) is 6.55. The number of carbonyl (C=O) groups is 1. The molecule has 0 aliphatic carbocycles. The number of nitrogens with one attached hydrogen (secondary N) is 2. The van der Waals surface area contributed by atoms with E-state index in [0.717, 1.165) is 0 Å². The summed E-state index contributed by atoms with van der Waals surface area (Å²) < 4.78 is 104. The second-order valence-corrected chi connectivity index (χ2v) is 7.91. The maximum Gasteiger partial charge on any atom is 0.416 e. The Bertz CT molecular complexity index is 748. The van der Waals surface area contributed by atoms with Crippen molar-refractivity contribution in [3.63, 3.8) is 0 Å². The molecule has 0 aromatic heterocycles. The number of thioether (sulfide) groups is 1. The molecule has 1 aromatic carbocycles. The first-order chi connectivity index (χ1) is 12.2. The van der Waals surface area contributed by atoms with E-state index in [9.17, 15) is 39.6 Å². The molecule has 0 heterocycles. The van der Waals surface area contributed by atoms with Crippen LogP contribution in [0.4, 0.5) is 26.3 Å². The number of benzene rings is 1. The fraction of sp³-hybridized carbons (Fsp3) is 0.462. The summed E-state index contributed by atoms with van der Waals surface area (Å²) in [6, 6.07) is -1.56. The molecule has 0 spiro atoms. The lowest BCUT2D eigenvalue weighted by Gasteiger charge is -2.18. The van der Waals surface area contributed by atoms with Crippen LogP contribution in [0.5, 0.6) is 0 Å². The lowest BCUT2D eigenvalue weighted by atomic mass is 10.1. The summed E-state index contributed by atoms with van der Waals surface area (Å²) in [5.74, 6) is 4.21. The van der Waals surface area contributed by atoms with Gasteiger partial charge in [0.1, 0.15) is 6.04 Å². The highest BCUT2D eigenvalue weighted by Gasteiger charge is 2.38. The normalized spacial score (nSPS) is 14.1. The largest absolute Gasteiger partial charge is 0.416 e. The highest BCUT2D eigenvalue weighted by Crippen LogP contribution is 2.37. The van der Waals surface area contributed by atoms with Gasteiger partial charge in [-0.05, 0) is 36.6 Å². The Morgan fingerprint density at radius 3 is 1.96 bits per heavy atom. The SMILES string of the molecule is CSCC[C@H](NS(=O)(=O)c1cc(C(F)(F)F)cc(C(F)(F)F)c1)C(=O)NN. The van der Waals surface area contributed by atoms with Gasteiger partial charge in [0.25, 0.3) is 5.91 Å². The molecular formula is C13H15F6N3O3S2. The number of amides is 1. The van der Waals surface area contributed by atoms with E-state index in [1.807, 2.05) is 0 Å². The zero-order valence-electron chi connectivity index (χ0n) is 13.6. The van der Waals surface area contributed by atoms with Gasteiger partial charge in [-0.25, -0.2) is 14.3 Å². The standard InChI is InChI=1S/C13H15F6N3O3S2/c1-26-3-2-10(11(23)21-20)22-27(24,25)9-5-7(12(14,15)16)4-8(6-9)13(17,18)19/h4-6,10,22H,2-3,20H2,1H3,(H,21,23)/t10-/m0/s1. The van der Waals surface area contributed by atoms with Gasteiger partial charge in [-0.3, -0.25) is 10.2 Å². The zero-order valence-corrected chi connectivity index (χ0v) is 15.2. The minimum atomic E-state index is -5.21. The van der Waals surface area contributed by atoms with Gasteiger partial charge in [0.05, 0.1) is 16.0 Å². The van der Waals surface area contributed by atoms with Gasteiger partial charge >= 0.3 is 12.4 Å². The van der Waals surface area contributed by atoms with Gasteiger partial charge in [0.2, 0.25) is 10.0 Å². The van der Waals surface area contributed by atoms with Crippen molar-refractivity contribution in [1.82, 2.24) is 10.1 Å². The van der Waals surface area contributed by atoms with E-state index in [0.29, 0.717) is 0 Å². The maximum absolute atomic E-state index is 12.9. The third-order valence-corrected chi connectivity index (χ3v) is 5.33. The van der Waals surface area contributed by atoms with Crippen molar-refractivity contribution in [2.75, 3.05) is 12.0 Å². The number of hydrogen-bond donors (Lipinski definition) is 3. The Labute approximate surface area is 154 Å². The molecule has 14 heteroatoms. The molecule has 0 radical (unpaired) electrons. The minimum Gasteiger partial charge on any atom is -0.293 e. The Morgan fingerprint density at radius 1 is 1.11 bits per heavy atom. The average Bonchev–Trinajstić information content (AvgIpc) is 2.55. The monoisotopic (exact) mass is 439 g/mol. The first-order valence-electron chi connectivity index (χ1n) is 7.03. The number of hydrogen-bond acceptors (Lipinski definition) is 5. The van der Waals surface area contributed by atoms with E-state index in [1.165, 1.54) is 11.8 Å². The molecule has 27 heavy (non-hydrogen) atoms. The Hall–Kier alpha value is -1.51. The van der Waals surface area contributed by atoms with Crippen LogP contribution >= 0.6 is 11.8 Å². The molecule has 154 valence electrons. The average molecular weight is 439 g/mol. The predicted octanol–water partition coefficient (Wildman–Crippen LogP) is 2.11. The van der Waals surface area contributed by atoms with Gasteiger partial charge < -0.3 is 0 Å². The van der Waals surface area contributed by atoms with E-state index in [-0.39, 0.29) is 30.4 Å². The lowest BCUT2D eigenvalue weighted by Crippen LogP contribution is -2.49. The van der Waals surface area contributed by atoms with Crippen LogP contribution in [0.1, 0.15) is 17.5 Å². The molecule has 0 saturated heterocycles. The first kappa shape index (κ1) is 23.5. The van der Waals surface area contributed by atoms with Gasteiger partial charge in [0.15, 0.2) is 0 Å². The van der Waals surface area contributed by atoms with Crippen LogP contribution in [0.3, 0.4) is 0 Å². The van der Waals surface area contributed by atoms with Gasteiger partial charge in [-0.2, -0.15) is 42.8 Å².